The van der Waals surface area contributed by atoms with Crippen LogP contribution in [-0.4, -0.2) is 30.2 Å². The molecule has 1 heterocycles. The lowest BCUT2D eigenvalue weighted by atomic mass is 9.95. The van der Waals surface area contributed by atoms with Gasteiger partial charge in [-0.05, 0) is 37.0 Å². The first kappa shape index (κ1) is 19.1. The van der Waals surface area contributed by atoms with Crippen molar-refractivity contribution < 1.29 is 27.4 Å². The summed E-state index contributed by atoms with van der Waals surface area (Å²) in [5.74, 6) is -0.457. The lowest BCUT2D eigenvalue weighted by Crippen LogP contribution is -2.24. The molecule has 3 atom stereocenters. The molecule has 1 aliphatic carbocycles. The van der Waals surface area contributed by atoms with Crippen LogP contribution in [0.3, 0.4) is 0 Å². The van der Waals surface area contributed by atoms with Gasteiger partial charge in [-0.1, -0.05) is 19.1 Å². The Balaban J connectivity index is 1.65. The molecular weight excluding hydrogens is 380 g/mol. The summed E-state index contributed by atoms with van der Waals surface area (Å²) in [7, 11) is 0. The molecule has 1 aromatic carbocycles. The maximum absolute atomic E-state index is 12.3. The van der Waals surface area contributed by atoms with E-state index in [-0.39, 0.29) is 18.0 Å². The fourth-order valence-corrected chi connectivity index (χ4v) is 4.26. The van der Waals surface area contributed by atoms with Crippen LogP contribution >= 0.6 is 23.2 Å². The van der Waals surface area contributed by atoms with Gasteiger partial charge in [0.1, 0.15) is 10.1 Å². The van der Waals surface area contributed by atoms with E-state index < -0.39 is 16.1 Å². The number of hydrogen-bond donors (Lipinski definition) is 0. The molecule has 0 bridgehead atoms. The van der Waals surface area contributed by atoms with Crippen molar-refractivity contribution in [1.82, 2.24) is 0 Å². The summed E-state index contributed by atoms with van der Waals surface area (Å²) in [6, 6.07) is 5.63. The van der Waals surface area contributed by atoms with E-state index in [1.54, 1.807) is 12.1 Å². The van der Waals surface area contributed by atoms with Crippen LogP contribution in [0.2, 0.25) is 0 Å². The molecule has 1 saturated heterocycles. The lowest BCUT2D eigenvalue weighted by Gasteiger charge is -2.23. The highest BCUT2D eigenvalue weighted by atomic mass is 35.5. The average Bonchev–Trinajstić information content (AvgIpc) is 2.98. The van der Waals surface area contributed by atoms with Crippen molar-refractivity contribution in [1.29, 1.82) is 0 Å². The number of ether oxygens (including phenoxy) is 3. The summed E-state index contributed by atoms with van der Waals surface area (Å²) >= 11 is 12.9. The summed E-state index contributed by atoms with van der Waals surface area (Å²) in [5, 5.41) is 0. The van der Waals surface area contributed by atoms with Crippen LogP contribution in [0.4, 0.5) is 13.2 Å². The highest BCUT2D eigenvalue weighted by Crippen LogP contribution is 2.69. The van der Waals surface area contributed by atoms with Gasteiger partial charge >= 0.3 is 6.36 Å². The summed E-state index contributed by atoms with van der Waals surface area (Å²) in [5.41, 5.74) is 0.131. The minimum Gasteiger partial charge on any atom is -0.406 e. The molecule has 0 N–H and O–H groups in total. The Kier molecular flexibility index (Phi) is 5.19. The van der Waals surface area contributed by atoms with Crippen LogP contribution in [0.25, 0.3) is 0 Å². The molecule has 25 heavy (non-hydrogen) atoms. The number of halogens is 5. The zero-order valence-corrected chi connectivity index (χ0v) is 15.1. The van der Waals surface area contributed by atoms with Crippen molar-refractivity contribution in [3.63, 3.8) is 0 Å². The Hall–Kier alpha value is -0.690. The number of benzene rings is 1. The molecular formula is C17H19Cl2F3O3. The Bertz CT molecular complexity index is 600. The van der Waals surface area contributed by atoms with Gasteiger partial charge in [-0.2, -0.15) is 0 Å². The standard InChI is InChI=1S/C17H19Cl2F3O3/c1-15(11-5-7-12(8-6-11)25-17(20,21)22)13(16(15,18)19)10-24-14-4-2-3-9-23-14/h5-8,13-14H,2-4,9-10H2,1H3/t13-,14?,15-/m0/s1. The topological polar surface area (TPSA) is 27.7 Å². The van der Waals surface area contributed by atoms with Crippen LogP contribution in [0.5, 0.6) is 5.75 Å². The van der Waals surface area contributed by atoms with Crippen LogP contribution in [0.15, 0.2) is 24.3 Å². The van der Waals surface area contributed by atoms with Crippen molar-refractivity contribution in [2.45, 2.75) is 48.6 Å². The minimum atomic E-state index is -4.72. The van der Waals surface area contributed by atoms with Crippen molar-refractivity contribution in [3.8, 4) is 5.75 Å². The van der Waals surface area contributed by atoms with Gasteiger partial charge in [0, 0.05) is 17.9 Å². The first-order valence-electron chi connectivity index (χ1n) is 8.12. The van der Waals surface area contributed by atoms with E-state index in [4.69, 9.17) is 32.7 Å². The maximum Gasteiger partial charge on any atom is 0.573 e. The SMILES string of the molecule is C[C@]1(c2ccc(OC(F)(F)F)cc2)[C@H](COC2CCCCO2)C1(Cl)Cl. The Morgan fingerprint density at radius 2 is 1.88 bits per heavy atom. The molecule has 2 aliphatic rings. The number of alkyl halides is 5. The van der Waals surface area contributed by atoms with E-state index in [9.17, 15) is 13.2 Å². The third kappa shape index (κ3) is 3.87. The predicted molar refractivity (Wildman–Crippen MR) is 87.9 cm³/mol. The first-order chi connectivity index (χ1) is 11.6. The highest BCUT2D eigenvalue weighted by Gasteiger charge is 2.73. The quantitative estimate of drug-likeness (QED) is 0.638. The summed E-state index contributed by atoms with van der Waals surface area (Å²) in [6.07, 6.45) is -2.04. The molecule has 0 radical (unpaired) electrons. The molecule has 140 valence electrons. The van der Waals surface area contributed by atoms with Crippen LogP contribution in [-0.2, 0) is 14.9 Å². The van der Waals surface area contributed by atoms with Gasteiger partial charge in [0.25, 0.3) is 0 Å². The summed E-state index contributed by atoms with van der Waals surface area (Å²) < 4.78 is 50.9. The molecule has 1 saturated carbocycles. The molecule has 0 aromatic heterocycles. The predicted octanol–water partition coefficient (Wildman–Crippen LogP) is 5.19. The Morgan fingerprint density at radius 1 is 1.20 bits per heavy atom. The third-order valence-electron chi connectivity index (χ3n) is 5.02. The van der Waals surface area contributed by atoms with E-state index in [0.29, 0.717) is 13.2 Å². The van der Waals surface area contributed by atoms with Crippen LogP contribution < -0.4 is 4.74 Å². The third-order valence-corrected chi connectivity index (χ3v) is 6.33. The maximum atomic E-state index is 12.3. The molecule has 3 nitrogen and oxygen atoms in total. The molecule has 0 amide bonds. The highest BCUT2D eigenvalue weighted by molar-refractivity contribution is 6.52. The van der Waals surface area contributed by atoms with Gasteiger partial charge in [0.05, 0.1) is 6.61 Å². The van der Waals surface area contributed by atoms with E-state index >= 15 is 0 Å². The summed E-state index contributed by atoms with van der Waals surface area (Å²) in [4.78, 5) is 0. The molecule has 1 aliphatic heterocycles. The number of hydrogen-bond acceptors (Lipinski definition) is 3. The lowest BCUT2D eigenvalue weighted by molar-refractivity contribution is -0.274. The second-order valence-corrected chi connectivity index (χ2v) is 7.97. The average molecular weight is 399 g/mol. The monoisotopic (exact) mass is 398 g/mol. The van der Waals surface area contributed by atoms with Gasteiger partial charge in [-0.3, -0.25) is 0 Å². The minimum absolute atomic E-state index is 0.178. The van der Waals surface area contributed by atoms with Gasteiger partial charge < -0.3 is 14.2 Å². The zero-order chi connectivity index (χ0) is 18.3. The Morgan fingerprint density at radius 3 is 2.44 bits per heavy atom. The summed E-state index contributed by atoms with van der Waals surface area (Å²) in [6.45, 7) is 2.89. The van der Waals surface area contributed by atoms with Crippen molar-refractivity contribution in [2.24, 2.45) is 5.92 Å². The molecule has 3 rings (SSSR count). The fraction of sp³-hybridized carbons (Fsp3) is 0.647. The van der Waals surface area contributed by atoms with Crippen molar-refractivity contribution in [3.05, 3.63) is 29.8 Å². The Labute approximate surface area is 154 Å². The smallest absolute Gasteiger partial charge is 0.406 e. The molecule has 1 unspecified atom stereocenters. The van der Waals surface area contributed by atoms with Gasteiger partial charge in [0.2, 0.25) is 0 Å². The van der Waals surface area contributed by atoms with Crippen LogP contribution in [0.1, 0.15) is 31.7 Å². The van der Waals surface area contributed by atoms with Crippen molar-refractivity contribution in [2.75, 3.05) is 13.2 Å². The second-order valence-electron chi connectivity index (χ2n) is 6.58. The van der Waals surface area contributed by atoms with E-state index in [0.717, 1.165) is 24.8 Å². The van der Waals surface area contributed by atoms with E-state index in [1.807, 2.05) is 6.92 Å². The largest absolute Gasteiger partial charge is 0.573 e. The van der Waals surface area contributed by atoms with Crippen molar-refractivity contribution >= 4 is 23.2 Å². The van der Waals surface area contributed by atoms with Gasteiger partial charge in [0.15, 0.2) is 6.29 Å². The van der Waals surface area contributed by atoms with Gasteiger partial charge in [-0.15, -0.1) is 36.4 Å². The molecule has 8 heteroatoms. The molecule has 1 aromatic rings. The molecule has 0 spiro atoms. The van der Waals surface area contributed by atoms with Crippen LogP contribution in [0, 0.1) is 5.92 Å². The first-order valence-corrected chi connectivity index (χ1v) is 8.87. The molecule has 2 fully saturated rings. The van der Waals surface area contributed by atoms with E-state index in [2.05, 4.69) is 4.74 Å². The second kappa shape index (κ2) is 6.80. The zero-order valence-electron chi connectivity index (χ0n) is 13.6. The van der Waals surface area contributed by atoms with E-state index in [1.165, 1.54) is 12.1 Å². The normalized spacial score (nSPS) is 31.6. The fourth-order valence-electron chi connectivity index (χ4n) is 3.33. The van der Waals surface area contributed by atoms with Gasteiger partial charge in [-0.25, -0.2) is 0 Å². The number of rotatable bonds is 5.